The van der Waals surface area contributed by atoms with Gasteiger partial charge in [0, 0.05) is 19.2 Å². The van der Waals surface area contributed by atoms with Crippen molar-refractivity contribution >= 4 is 18.5 Å². The lowest BCUT2D eigenvalue weighted by Crippen LogP contribution is -2.48. The van der Waals surface area contributed by atoms with Crippen LogP contribution >= 0.6 is 0 Å². The van der Waals surface area contributed by atoms with Gasteiger partial charge < -0.3 is 19.7 Å². The molecule has 126 valence electrons. The number of carbonyl (C=O) groups excluding carboxylic acids is 1. The van der Waals surface area contributed by atoms with Crippen molar-refractivity contribution in [1.29, 1.82) is 0 Å². The number of benzene rings is 1. The van der Waals surface area contributed by atoms with Crippen LogP contribution in [-0.4, -0.2) is 52.8 Å². The summed E-state index contributed by atoms with van der Waals surface area (Å²) in [5.74, 6) is -1.10. The van der Waals surface area contributed by atoms with Gasteiger partial charge in [0.15, 0.2) is 0 Å². The lowest BCUT2D eigenvalue weighted by atomic mass is 9.79. The first kappa shape index (κ1) is 17.9. The fraction of sp³-hybridized carbons (Fsp3) is 0.562. The third-order valence-electron chi connectivity index (χ3n) is 4.23. The van der Waals surface area contributed by atoms with Crippen LogP contribution in [0.5, 0.6) is 0 Å². The van der Waals surface area contributed by atoms with E-state index in [1.165, 1.54) is 12.1 Å². The molecule has 2 rings (SSSR count). The molecule has 23 heavy (non-hydrogen) atoms. The maximum atomic E-state index is 14.1. The predicted molar refractivity (Wildman–Crippen MR) is 86.0 cm³/mol. The van der Waals surface area contributed by atoms with E-state index < -0.39 is 18.8 Å². The van der Waals surface area contributed by atoms with Crippen molar-refractivity contribution < 1.29 is 24.0 Å². The minimum absolute atomic E-state index is 0.0293. The van der Waals surface area contributed by atoms with E-state index in [-0.39, 0.29) is 22.7 Å². The SMILES string of the molecule is CCN(C(=O)c1cc(B(O)O)ccc1F)C1CCOC(C)(C)C1. The molecule has 0 aliphatic carbocycles. The number of amides is 1. The summed E-state index contributed by atoms with van der Waals surface area (Å²) in [6.45, 7) is 6.80. The van der Waals surface area contributed by atoms with Crippen molar-refractivity contribution in [1.82, 2.24) is 4.90 Å². The average Bonchev–Trinajstić information content (AvgIpc) is 2.47. The summed E-state index contributed by atoms with van der Waals surface area (Å²) in [5, 5.41) is 18.5. The van der Waals surface area contributed by atoms with Crippen LogP contribution in [0.1, 0.15) is 44.0 Å². The molecule has 5 nitrogen and oxygen atoms in total. The molecule has 7 heteroatoms. The second-order valence-electron chi connectivity index (χ2n) is 6.46. The van der Waals surface area contributed by atoms with E-state index in [9.17, 15) is 19.2 Å². The second-order valence-corrected chi connectivity index (χ2v) is 6.46. The fourth-order valence-corrected chi connectivity index (χ4v) is 3.06. The van der Waals surface area contributed by atoms with Crippen LogP contribution in [0, 0.1) is 5.82 Å². The molecule has 1 amide bonds. The van der Waals surface area contributed by atoms with E-state index in [1.54, 1.807) is 4.90 Å². The Balaban J connectivity index is 2.28. The van der Waals surface area contributed by atoms with E-state index in [1.807, 2.05) is 20.8 Å². The minimum Gasteiger partial charge on any atom is -0.423 e. The smallest absolute Gasteiger partial charge is 0.423 e. The van der Waals surface area contributed by atoms with Gasteiger partial charge in [0.25, 0.3) is 5.91 Å². The highest BCUT2D eigenvalue weighted by molar-refractivity contribution is 6.58. The Morgan fingerprint density at radius 3 is 2.74 bits per heavy atom. The molecule has 0 aromatic heterocycles. The second kappa shape index (κ2) is 6.99. The Kier molecular flexibility index (Phi) is 5.44. The van der Waals surface area contributed by atoms with Crippen LogP contribution in [0.25, 0.3) is 0 Å². The zero-order valence-electron chi connectivity index (χ0n) is 13.8. The maximum Gasteiger partial charge on any atom is 0.488 e. The number of ether oxygens (including phenoxy) is 1. The average molecular weight is 323 g/mol. The minimum atomic E-state index is -1.74. The van der Waals surface area contributed by atoms with Crippen molar-refractivity contribution in [3.63, 3.8) is 0 Å². The summed E-state index contributed by atoms with van der Waals surface area (Å²) < 4.78 is 19.7. The first-order valence-corrected chi connectivity index (χ1v) is 7.85. The van der Waals surface area contributed by atoms with Gasteiger partial charge in [0.05, 0.1) is 11.2 Å². The van der Waals surface area contributed by atoms with Gasteiger partial charge in [-0.3, -0.25) is 4.79 Å². The van der Waals surface area contributed by atoms with Crippen molar-refractivity contribution in [2.24, 2.45) is 0 Å². The van der Waals surface area contributed by atoms with Gasteiger partial charge in [-0.2, -0.15) is 0 Å². The number of rotatable bonds is 4. The van der Waals surface area contributed by atoms with E-state index in [0.717, 1.165) is 6.07 Å². The molecule has 1 heterocycles. The standard InChI is InChI=1S/C16H23BFNO4/c1-4-19(12-7-8-23-16(2,3)10-12)15(20)13-9-11(17(21)22)5-6-14(13)18/h5-6,9,12,21-22H,4,7-8,10H2,1-3H3. The largest absolute Gasteiger partial charge is 0.488 e. The molecular formula is C16H23BFNO4. The van der Waals surface area contributed by atoms with Crippen molar-refractivity contribution in [2.45, 2.75) is 45.3 Å². The molecular weight excluding hydrogens is 300 g/mol. The lowest BCUT2D eigenvalue weighted by Gasteiger charge is -2.41. The molecule has 1 aromatic rings. The maximum absolute atomic E-state index is 14.1. The number of nitrogens with zero attached hydrogens (tertiary/aromatic N) is 1. The molecule has 2 N–H and O–H groups in total. The number of hydrogen-bond acceptors (Lipinski definition) is 4. The van der Waals surface area contributed by atoms with Crippen molar-refractivity contribution in [3.8, 4) is 0 Å². The summed E-state index contributed by atoms with van der Waals surface area (Å²) in [5.41, 5.74) is -0.363. The van der Waals surface area contributed by atoms with Crippen LogP contribution in [0.15, 0.2) is 18.2 Å². The zero-order chi connectivity index (χ0) is 17.2. The van der Waals surface area contributed by atoms with E-state index in [4.69, 9.17) is 4.74 Å². The van der Waals surface area contributed by atoms with Gasteiger partial charge in [0.1, 0.15) is 5.82 Å². The summed E-state index contributed by atoms with van der Waals surface area (Å²) in [4.78, 5) is 14.4. The first-order valence-electron chi connectivity index (χ1n) is 7.85. The van der Waals surface area contributed by atoms with Gasteiger partial charge in [-0.1, -0.05) is 6.07 Å². The molecule has 1 unspecified atom stereocenters. The Bertz CT molecular complexity index is 579. The molecule has 1 fully saturated rings. The molecule has 0 bridgehead atoms. The summed E-state index contributed by atoms with van der Waals surface area (Å²) >= 11 is 0. The first-order chi connectivity index (χ1) is 10.7. The van der Waals surface area contributed by atoms with Gasteiger partial charge in [-0.15, -0.1) is 0 Å². The monoisotopic (exact) mass is 323 g/mol. The van der Waals surface area contributed by atoms with Crippen LogP contribution in [0.3, 0.4) is 0 Å². The highest BCUT2D eigenvalue weighted by Crippen LogP contribution is 2.28. The van der Waals surface area contributed by atoms with Crippen LogP contribution in [0.2, 0.25) is 0 Å². The Labute approximate surface area is 136 Å². The summed E-state index contributed by atoms with van der Waals surface area (Å²) in [6.07, 6.45) is 1.38. The highest BCUT2D eigenvalue weighted by atomic mass is 19.1. The molecule has 0 radical (unpaired) electrons. The topological polar surface area (TPSA) is 70.0 Å². The van der Waals surface area contributed by atoms with Gasteiger partial charge in [-0.05, 0) is 51.2 Å². The Morgan fingerprint density at radius 2 is 2.17 bits per heavy atom. The molecule has 0 spiro atoms. The zero-order valence-corrected chi connectivity index (χ0v) is 13.8. The van der Waals surface area contributed by atoms with E-state index >= 15 is 0 Å². The molecule has 1 atom stereocenters. The van der Waals surface area contributed by atoms with Crippen molar-refractivity contribution in [3.05, 3.63) is 29.6 Å². The summed E-state index contributed by atoms with van der Waals surface area (Å²) in [6, 6.07) is 3.52. The van der Waals surface area contributed by atoms with Gasteiger partial charge in [-0.25, -0.2) is 4.39 Å². The van der Waals surface area contributed by atoms with Crippen LogP contribution < -0.4 is 5.46 Å². The number of carbonyl (C=O) groups is 1. The summed E-state index contributed by atoms with van der Waals surface area (Å²) in [7, 11) is -1.74. The van der Waals surface area contributed by atoms with Crippen LogP contribution in [0.4, 0.5) is 4.39 Å². The third kappa shape index (κ3) is 4.10. The predicted octanol–water partition coefficient (Wildman–Crippen LogP) is 0.925. The fourth-order valence-electron chi connectivity index (χ4n) is 3.06. The van der Waals surface area contributed by atoms with Gasteiger partial charge in [0.2, 0.25) is 0 Å². The van der Waals surface area contributed by atoms with E-state index in [0.29, 0.717) is 26.0 Å². The van der Waals surface area contributed by atoms with E-state index in [2.05, 4.69) is 0 Å². The third-order valence-corrected chi connectivity index (χ3v) is 4.23. The molecule has 0 saturated carbocycles. The lowest BCUT2D eigenvalue weighted by molar-refractivity contribution is -0.0777. The van der Waals surface area contributed by atoms with Gasteiger partial charge >= 0.3 is 7.12 Å². The van der Waals surface area contributed by atoms with Crippen molar-refractivity contribution in [2.75, 3.05) is 13.2 Å². The Hall–Kier alpha value is -1.44. The Morgan fingerprint density at radius 1 is 1.48 bits per heavy atom. The molecule has 1 aromatic carbocycles. The highest BCUT2D eigenvalue weighted by Gasteiger charge is 2.34. The van der Waals surface area contributed by atoms with Crippen LogP contribution in [-0.2, 0) is 4.74 Å². The number of halogens is 1. The molecule has 1 aliphatic rings. The normalized spacial score (nSPS) is 20.2. The number of hydrogen-bond donors (Lipinski definition) is 2. The quantitative estimate of drug-likeness (QED) is 0.809. The molecule has 1 aliphatic heterocycles. The molecule has 1 saturated heterocycles.